The van der Waals surface area contributed by atoms with Gasteiger partial charge in [-0.3, -0.25) is 4.79 Å². The Labute approximate surface area is 91.2 Å². The van der Waals surface area contributed by atoms with Crippen LogP contribution >= 0.6 is 0 Å². The molecular formula is C9H19NO4S. The molecular weight excluding hydrogens is 218 g/mol. The second kappa shape index (κ2) is 7.64. The average molecular weight is 237 g/mol. The van der Waals surface area contributed by atoms with E-state index in [0.717, 1.165) is 19.3 Å². The molecule has 0 aromatic rings. The number of hydrogen-bond acceptors (Lipinski definition) is 4. The van der Waals surface area contributed by atoms with Crippen LogP contribution in [0.25, 0.3) is 0 Å². The third-order valence-corrected chi connectivity index (χ3v) is 3.39. The molecule has 0 atom stereocenters. The molecule has 0 unspecified atom stereocenters. The van der Waals surface area contributed by atoms with E-state index in [4.69, 9.17) is 0 Å². The molecule has 0 amide bonds. The topological polar surface area (TPSA) is 72.5 Å². The van der Waals surface area contributed by atoms with Gasteiger partial charge in [0.05, 0.1) is 12.9 Å². The van der Waals surface area contributed by atoms with Crippen molar-refractivity contribution in [3.05, 3.63) is 0 Å². The minimum Gasteiger partial charge on any atom is -0.469 e. The van der Waals surface area contributed by atoms with Crippen LogP contribution < -0.4 is 4.72 Å². The smallest absolute Gasteiger partial charge is 0.305 e. The Bertz CT molecular complexity index is 274. The highest BCUT2D eigenvalue weighted by molar-refractivity contribution is 7.89. The Hall–Kier alpha value is -0.620. The van der Waals surface area contributed by atoms with Gasteiger partial charge in [-0.15, -0.1) is 0 Å². The average Bonchev–Trinajstić information content (AvgIpc) is 2.22. The van der Waals surface area contributed by atoms with Gasteiger partial charge in [0.15, 0.2) is 0 Å². The van der Waals surface area contributed by atoms with Gasteiger partial charge < -0.3 is 4.74 Å². The molecule has 0 spiro atoms. The molecule has 6 heteroatoms. The molecule has 0 bridgehead atoms. The van der Waals surface area contributed by atoms with Crippen LogP contribution in [-0.2, 0) is 19.6 Å². The van der Waals surface area contributed by atoms with Crippen molar-refractivity contribution in [2.45, 2.75) is 32.6 Å². The first-order valence-electron chi connectivity index (χ1n) is 5.06. The summed E-state index contributed by atoms with van der Waals surface area (Å²) < 4.78 is 28.9. The minimum absolute atomic E-state index is 0.106. The van der Waals surface area contributed by atoms with E-state index in [9.17, 15) is 13.2 Å². The molecule has 0 saturated carbocycles. The molecule has 0 aliphatic carbocycles. The predicted octanol–water partition coefficient (Wildman–Crippen LogP) is 0.659. The lowest BCUT2D eigenvalue weighted by atomic mass is 10.2. The first-order valence-corrected chi connectivity index (χ1v) is 6.71. The standard InChI is InChI=1S/C9H19NO4S/c1-3-15(12,13)10-8-6-4-5-7-9(11)14-2/h10H,3-8H2,1-2H3. The number of unbranched alkanes of at least 4 members (excludes halogenated alkanes) is 2. The highest BCUT2D eigenvalue weighted by atomic mass is 32.2. The number of nitrogens with one attached hydrogen (secondary N) is 1. The maximum Gasteiger partial charge on any atom is 0.305 e. The van der Waals surface area contributed by atoms with Crippen LogP contribution in [-0.4, -0.2) is 33.8 Å². The van der Waals surface area contributed by atoms with Crippen LogP contribution in [0.3, 0.4) is 0 Å². The molecule has 0 radical (unpaired) electrons. The van der Waals surface area contributed by atoms with Gasteiger partial charge >= 0.3 is 5.97 Å². The van der Waals surface area contributed by atoms with Crippen LogP contribution in [0.2, 0.25) is 0 Å². The summed E-state index contributed by atoms with van der Waals surface area (Å²) in [5, 5.41) is 0. The zero-order valence-electron chi connectivity index (χ0n) is 9.28. The molecule has 15 heavy (non-hydrogen) atoms. The van der Waals surface area contributed by atoms with E-state index in [1.54, 1.807) is 6.92 Å². The van der Waals surface area contributed by atoms with Gasteiger partial charge in [-0.25, -0.2) is 13.1 Å². The maximum atomic E-state index is 11.0. The van der Waals surface area contributed by atoms with Crippen molar-refractivity contribution in [1.29, 1.82) is 0 Å². The van der Waals surface area contributed by atoms with Crippen molar-refractivity contribution in [3.8, 4) is 0 Å². The number of rotatable bonds is 8. The summed E-state index contributed by atoms with van der Waals surface area (Å²) in [7, 11) is -1.71. The summed E-state index contributed by atoms with van der Waals surface area (Å²) in [5.41, 5.74) is 0. The molecule has 0 aromatic heterocycles. The molecule has 0 saturated heterocycles. The molecule has 90 valence electrons. The summed E-state index contributed by atoms with van der Waals surface area (Å²) in [4.78, 5) is 10.7. The van der Waals surface area contributed by atoms with Crippen molar-refractivity contribution in [3.63, 3.8) is 0 Å². The predicted molar refractivity (Wildman–Crippen MR) is 57.9 cm³/mol. The van der Waals surface area contributed by atoms with Crippen molar-refractivity contribution in [2.75, 3.05) is 19.4 Å². The van der Waals surface area contributed by atoms with E-state index in [-0.39, 0.29) is 11.7 Å². The lowest BCUT2D eigenvalue weighted by molar-refractivity contribution is -0.140. The molecule has 0 aliphatic rings. The second-order valence-corrected chi connectivity index (χ2v) is 5.28. The summed E-state index contributed by atoms with van der Waals surface area (Å²) >= 11 is 0. The van der Waals surface area contributed by atoms with Gasteiger partial charge in [0.2, 0.25) is 10.0 Å². The van der Waals surface area contributed by atoms with Gasteiger partial charge in [0.25, 0.3) is 0 Å². The fourth-order valence-corrected chi connectivity index (χ4v) is 1.66. The van der Waals surface area contributed by atoms with Gasteiger partial charge in [-0.2, -0.15) is 0 Å². The second-order valence-electron chi connectivity index (χ2n) is 3.18. The highest BCUT2D eigenvalue weighted by Crippen LogP contribution is 2.00. The van der Waals surface area contributed by atoms with Crippen molar-refractivity contribution in [2.24, 2.45) is 0 Å². The number of methoxy groups -OCH3 is 1. The Balaban J connectivity index is 3.37. The third kappa shape index (κ3) is 8.38. The van der Waals surface area contributed by atoms with Crippen LogP contribution in [0.5, 0.6) is 0 Å². The van der Waals surface area contributed by atoms with E-state index < -0.39 is 10.0 Å². The van der Waals surface area contributed by atoms with E-state index in [1.165, 1.54) is 7.11 Å². The van der Waals surface area contributed by atoms with E-state index >= 15 is 0 Å². The van der Waals surface area contributed by atoms with Crippen molar-refractivity contribution < 1.29 is 17.9 Å². The molecule has 0 aromatic carbocycles. The summed E-state index contributed by atoms with van der Waals surface area (Å²) in [5.74, 6) is -0.112. The third-order valence-electron chi connectivity index (χ3n) is 1.99. The van der Waals surface area contributed by atoms with Crippen LogP contribution in [0.1, 0.15) is 32.6 Å². The molecule has 0 rings (SSSR count). The van der Waals surface area contributed by atoms with E-state index in [2.05, 4.69) is 9.46 Å². The Kier molecular flexibility index (Phi) is 7.33. The molecule has 5 nitrogen and oxygen atoms in total. The van der Waals surface area contributed by atoms with E-state index in [0.29, 0.717) is 13.0 Å². The zero-order valence-corrected chi connectivity index (χ0v) is 10.1. The zero-order chi connectivity index (χ0) is 11.7. The van der Waals surface area contributed by atoms with Gasteiger partial charge in [-0.05, 0) is 19.8 Å². The summed E-state index contributed by atoms with van der Waals surface area (Å²) in [6.07, 6.45) is 2.70. The molecule has 0 heterocycles. The number of esters is 1. The molecule has 1 N–H and O–H groups in total. The van der Waals surface area contributed by atoms with Crippen LogP contribution in [0.4, 0.5) is 0 Å². The first kappa shape index (κ1) is 14.4. The van der Waals surface area contributed by atoms with Crippen molar-refractivity contribution >= 4 is 16.0 Å². The van der Waals surface area contributed by atoms with Gasteiger partial charge in [-0.1, -0.05) is 6.42 Å². The normalized spacial score (nSPS) is 11.3. The quantitative estimate of drug-likeness (QED) is 0.497. The summed E-state index contributed by atoms with van der Waals surface area (Å²) in [6, 6.07) is 0. The fourth-order valence-electron chi connectivity index (χ4n) is 1.00. The molecule has 0 aliphatic heterocycles. The number of ether oxygens (including phenoxy) is 1. The highest BCUT2D eigenvalue weighted by Gasteiger charge is 2.04. The monoisotopic (exact) mass is 237 g/mol. The summed E-state index contributed by atoms with van der Waals surface area (Å²) in [6.45, 7) is 2.04. The van der Waals surface area contributed by atoms with Crippen LogP contribution in [0.15, 0.2) is 0 Å². The Morgan fingerprint density at radius 1 is 1.27 bits per heavy atom. The van der Waals surface area contributed by atoms with Gasteiger partial charge in [0.1, 0.15) is 0 Å². The number of sulfonamides is 1. The lowest BCUT2D eigenvalue weighted by Crippen LogP contribution is -2.26. The van der Waals surface area contributed by atoms with E-state index in [1.807, 2.05) is 0 Å². The number of carbonyl (C=O) groups excluding carboxylic acids is 1. The SMILES string of the molecule is CCS(=O)(=O)NCCCCCC(=O)OC. The number of carbonyl (C=O) groups is 1. The van der Waals surface area contributed by atoms with Gasteiger partial charge in [0, 0.05) is 13.0 Å². The largest absolute Gasteiger partial charge is 0.469 e. The Morgan fingerprint density at radius 2 is 1.93 bits per heavy atom. The number of hydrogen-bond donors (Lipinski definition) is 1. The van der Waals surface area contributed by atoms with Crippen LogP contribution in [0, 0.1) is 0 Å². The fraction of sp³-hybridized carbons (Fsp3) is 0.889. The van der Waals surface area contributed by atoms with Crippen molar-refractivity contribution in [1.82, 2.24) is 4.72 Å². The lowest BCUT2D eigenvalue weighted by Gasteiger charge is -2.03. The Morgan fingerprint density at radius 3 is 2.47 bits per heavy atom. The minimum atomic E-state index is -3.07. The molecule has 0 fully saturated rings. The first-order chi connectivity index (χ1) is 7.02. The maximum absolute atomic E-state index is 11.0.